The first-order chi connectivity index (χ1) is 7.34. The summed E-state index contributed by atoms with van der Waals surface area (Å²) >= 11 is 0.814. The third-order valence-corrected chi connectivity index (χ3v) is 2.82. The zero-order valence-corrected chi connectivity index (χ0v) is 9.40. The summed E-state index contributed by atoms with van der Waals surface area (Å²) in [6, 6.07) is -1.92. The lowest BCUT2D eigenvalue weighted by Gasteiger charge is -2.07. The molecule has 0 aromatic rings. The van der Waals surface area contributed by atoms with Crippen molar-refractivity contribution in [3.8, 4) is 0 Å². The fraction of sp³-hybridized carbons (Fsp3) is 0.625. The number of carboxylic acid groups (broad SMARTS) is 1. The summed E-state index contributed by atoms with van der Waals surface area (Å²) in [4.78, 5) is 32.1. The van der Waals surface area contributed by atoms with Crippen LogP contribution in [0.3, 0.4) is 0 Å². The summed E-state index contributed by atoms with van der Waals surface area (Å²) in [5.74, 6) is -1.82. The van der Waals surface area contributed by atoms with E-state index in [0.717, 1.165) is 11.8 Å². The van der Waals surface area contributed by atoms with Crippen LogP contribution in [0.5, 0.6) is 0 Å². The molecule has 0 aromatic carbocycles. The van der Waals surface area contributed by atoms with Gasteiger partial charge in [-0.25, -0.2) is 0 Å². The fourth-order valence-corrected chi connectivity index (χ4v) is 1.51. The molecule has 0 aromatic heterocycles. The quantitative estimate of drug-likeness (QED) is 0.418. The summed E-state index contributed by atoms with van der Waals surface area (Å²) in [7, 11) is 0. The monoisotopic (exact) mass is 249 g/mol. The average molecular weight is 249 g/mol. The van der Waals surface area contributed by atoms with Gasteiger partial charge in [0.15, 0.2) is 5.12 Å². The van der Waals surface area contributed by atoms with E-state index in [9.17, 15) is 14.4 Å². The number of thioether (sulfide) groups is 1. The molecule has 1 amide bonds. The van der Waals surface area contributed by atoms with Crippen LogP contribution in [0.15, 0.2) is 0 Å². The molecule has 0 saturated carbocycles. The Labute approximate surface area is 96.7 Å². The lowest BCUT2D eigenvalue weighted by atomic mass is 10.2. The van der Waals surface area contributed by atoms with Gasteiger partial charge >= 0.3 is 5.97 Å². The Morgan fingerprint density at radius 3 is 2.19 bits per heavy atom. The zero-order valence-electron chi connectivity index (χ0n) is 8.59. The number of primary amides is 1. The number of amides is 1. The molecule has 0 spiro atoms. The van der Waals surface area contributed by atoms with Crippen molar-refractivity contribution in [3.05, 3.63) is 0 Å². The van der Waals surface area contributed by atoms with E-state index in [1.165, 1.54) is 0 Å². The van der Waals surface area contributed by atoms with E-state index in [-0.39, 0.29) is 23.7 Å². The normalized spacial score (nSPS) is 14.1. The number of hydrogen-bond donors (Lipinski definition) is 4. The van der Waals surface area contributed by atoms with Crippen molar-refractivity contribution in [1.82, 2.24) is 0 Å². The Morgan fingerprint density at radius 1 is 1.19 bits per heavy atom. The number of carbonyl (C=O) groups is 3. The lowest BCUT2D eigenvalue weighted by Crippen LogP contribution is -2.36. The van der Waals surface area contributed by atoms with Crippen LogP contribution in [-0.4, -0.2) is 39.9 Å². The van der Waals surface area contributed by atoms with Gasteiger partial charge < -0.3 is 22.3 Å². The van der Waals surface area contributed by atoms with Crippen LogP contribution in [-0.2, 0) is 14.4 Å². The highest BCUT2D eigenvalue weighted by Crippen LogP contribution is 2.09. The van der Waals surface area contributed by atoms with Crippen LogP contribution < -0.4 is 17.2 Å². The highest BCUT2D eigenvalue weighted by atomic mass is 32.2. The highest BCUT2D eigenvalue weighted by molar-refractivity contribution is 8.13. The van der Waals surface area contributed by atoms with Crippen LogP contribution in [0.1, 0.15) is 12.8 Å². The van der Waals surface area contributed by atoms with Gasteiger partial charge in [-0.2, -0.15) is 0 Å². The predicted octanol–water partition coefficient (Wildman–Crippen LogP) is -1.75. The van der Waals surface area contributed by atoms with Gasteiger partial charge in [0.05, 0.1) is 6.04 Å². The Hall–Kier alpha value is -1.12. The molecular formula is C8H15N3O4S. The van der Waals surface area contributed by atoms with Crippen molar-refractivity contribution in [1.29, 1.82) is 0 Å². The van der Waals surface area contributed by atoms with Gasteiger partial charge in [0.1, 0.15) is 6.04 Å². The molecule has 0 aliphatic carbocycles. The topological polar surface area (TPSA) is 150 Å². The molecule has 7 N–H and O–H groups in total. The van der Waals surface area contributed by atoms with Crippen molar-refractivity contribution >= 4 is 28.8 Å². The SMILES string of the molecule is NC(=O)[C@@H](N)CCC(=O)SC[C@H](N)C(=O)O. The van der Waals surface area contributed by atoms with E-state index in [1.54, 1.807) is 0 Å². The van der Waals surface area contributed by atoms with Gasteiger partial charge in [0.25, 0.3) is 0 Å². The number of nitrogens with two attached hydrogens (primary N) is 3. The number of aliphatic carboxylic acids is 1. The Bertz CT molecular complexity index is 258. The Kier molecular flexibility index (Phi) is 6.70. The smallest absolute Gasteiger partial charge is 0.321 e. The zero-order chi connectivity index (χ0) is 12.7. The van der Waals surface area contributed by atoms with Crippen LogP contribution in [0.2, 0.25) is 0 Å². The molecule has 16 heavy (non-hydrogen) atoms. The second kappa shape index (κ2) is 7.20. The van der Waals surface area contributed by atoms with Crippen molar-refractivity contribution in [2.24, 2.45) is 17.2 Å². The summed E-state index contributed by atoms with van der Waals surface area (Å²) in [6.45, 7) is 0. The van der Waals surface area contributed by atoms with E-state index in [1.807, 2.05) is 0 Å². The van der Waals surface area contributed by atoms with Crippen molar-refractivity contribution in [2.75, 3.05) is 5.75 Å². The third-order valence-electron chi connectivity index (χ3n) is 1.77. The van der Waals surface area contributed by atoms with Gasteiger partial charge in [0.2, 0.25) is 5.91 Å². The molecule has 0 heterocycles. The first-order valence-electron chi connectivity index (χ1n) is 4.53. The number of hydrogen-bond acceptors (Lipinski definition) is 6. The van der Waals surface area contributed by atoms with E-state index < -0.39 is 24.0 Å². The lowest BCUT2D eigenvalue weighted by molar-refractivity contribution is -0.137. The van der Waals surface area contributed by atoms with E-state index in [4.69, 9.17) is 22.3 Å². The van der Waals surface area contributed by atoms with Gasteiger partial charge in [0, 0.05) is 12.2 Å². The third kappa shape index (κ3) is 6.38. The second-order valence-corrected chi connectivity index (χ2v) is 4.25. The maximum atomic E-state index is 11.2. The first-order valence-corrected chi connectivity index (χ1v) is 5.52. The van der Waals surface area contributed by atoms with Gasteiger partial charge in [-0.05, 0) is 6.42 Å². The Balaban J connectivity index is 3.75. The average Bonchev–Trinajstić information content (AvgIpc) is 2.21. The molecule has 0 aliphatic rings. The maximum absolute atomic E-state index is 11.2. The molecule has 0 fully saturated rings. The highest BCUT2D eigenvalue weighted by Gasteiger charge is 2.16. The molecule has 7 nitrogen and oxygen atoms in total. The molecule has 8 heteroatoms. The maximum Gasteiger partial charge on any atom is 0.321 e. The van der Waals surface area contributed by atoms with Gasteiger partial charge in [-0.15, -0.1) is 0 Å². The minimum absolute atomic E-state index is 0.0000236. The standard InChI is InChI=1S/C8H15N3O4S/c9-4(7(11)13)1-2-6(12)16-3-5(10)8(14)15/h4-5H,1-3,9-10H2,(H2,11,13)(H,14,15)/t4-,5-/m0/s1. The van der Waals surface area contributed by atoms with Crippen LogP contribution in [0.4, 0.5) is 0 Å². The van der Waals surface area contributed by atoms with E-state index in [2.05, 4.69) is 0 Å². The summed E-state index contributed by atoms with van der Waals surface area (Å²) in [5.41, 5.74) is 15.4. The minimum Gasteiger partial charge on any atom is -0.480 e. The van der Waals surface area contributed by atoms with Gasteiger partial charge in [-0.1, -0.05) is 11.8 Å². The number of carboxylic acids is 1. The molecule has 92 valence electrons. The molecule has 0 rings (SSSR count). The van der Waals surface area contributed by atoms with Gasteiger partial charge in [-0.3, -0.25) is 14.4 Å². The van der Waals surface area contributed by atoms with Crippen molar-refractivity contribution in [3.63, 3.8) is 0 Å². The molecule has 0 bridgehead atoms. The van der Waals surface area contributed by atoms with E-state index in [0.29, 0.717) is 0 Å². The summed E-state index contributed by atoms with van der Waals surface area (Å²) < 4.78 is 0. The number of carbonyl (C=O) groups excluding carboxylic acids is 2. The molecule has 0 unspecified atom stereocenters. The summed E-state index contributed by atoms with van der Waals surface area (Å²) in [5, 5.41) is 8.20. The largest absolute Gasteiger partial charge is 0.480 e. The number of rotatable bonds is 7. The Morgan fingerprint density at radius 2 is 1.75 bits per heavy atom. The fourth-order valence-electron chi connectivity index (χ4n) is 0.742. The first kappa shape index (κ1) is 14.9. The molecule has 0 radical (unpaired) electrons. The molecular weight excluding hydrogens is 234 g/mol. The molecule has 0 saturated heterocycles. The van der Waals surface area contributed by atoms with E-state index >= 15 is 0 Å². The summed E-state index contributed by atoms with van der Waals surface area (Å²) in [6.07, 6.45) is 0.227. The minimum atomic E-state index is -1.16. The van der Waals surface area contributed by atoms with Crippen LogP contribution >= 0.6 is 11.8 Å². The second-order valence-electron chi connectivity index (χ2n) is 3.18. The van der Waals surface area contributed by atoms with Crippen molar-refractivity contribution < 1.29 is 19.5 Å². The molecule has 2 atom stereocenters. The predicted molar refractivity (Wildman–Crippen MR) is 59.5 cm³/mol. The molecule has 0 aliphatic heterocycles. The van der Waals surface area contributed by atoms with Crippen LogP contribution in [0.25, 0.3) is 0 Å². The van der Waals surface area contributed by atoms with Crippen molar-refractivity contribution in [2.45, 2.75) is 24.9 Å². The van der Waals surface area contributed by atoms with Crippen LogP contribution in [0, 0.1) is 0 Å².